The van der Waals surface area contributed by atoms with Gasteiger partial charge in [-0.25, -0.2) is 22.4 Å². The number of carbonyl (C=O) groups is 4. The zero-order valence-corrected chi connectivity index (χ0v) is 35.2. The molecule has 3 aromatic rings. The Morgan fingerprint density at radius 3 is 2.30 bits per heavy atom. The van der Waals surface area contributed by atoms with Gasteiger partial charge in [-0.2, -0.15) is 4.98 Å². The van der Waals surface area contributed by atoms with Crippen molar-refractivity contribution < 1.29 is 32.0 Å². The first-order valence-corrected chi connectivity index (χ1v) is 22.7. The van der Waals surface area contributed by atoms with E-state index >= 15 is 4.39 Å². The first-order chi connectivity index (χ1) is 29.2. The summed E-state index contributed by atoms with van der Waals surface area (Å²) in [6.07, 6.45) is 4.74. The molecule has 21 heteroatoms. The predicted molar refractivity (Wildman–Crippen MR) is 227 cm³/mol. The highest BCUT2D eigenvalue weighted by molar-refractivity contribution is 7.90. The smallest absolute Gasteiger partial charge is 0.328 e. The van der Waals surface area contributed by atoms with Gasteiger partial charge in [-0.05, 0) is 68.0 Å². The van der Waals surface area contributed by atoms with Crippen molar-refractivity contribution in [3.8, 4) is 0 Å². The summed E-state index contributed by atoms with van der Waals surface area (Å²) in [5.41, 5.74) is 7.33. The fraction of sp³-hybridized carbons (Fsp3) is 0.525. The van der Waals surface area contributed by atoms with E-state index in [0.717, 1.165) is 45.3 Å². The van der Waals surface area contributed by atoms with Gasteiger partial charge in [-0.15, -0.1) is 10.2 Å². The number of benzene rings is 2. The number of nitrogens with zero attached hydrogens (tertiary/aromatic N) is 10. The van der Waals surface area contributed by atoms with Gasteiger partial charge in [0.1, 0.15) is 5.82 Å². The van der Waals surface area contributed by atoms with Crippen molar-refractivity contribution in [2.75, 3.05) is 117 Å². The maximum Gasteiger partial charge on any atom is 0.328 e. The number of hydrogen-bond donors (Lipinski definition) is 3. The predicted octanol–water partition coefficient (Wildman–Crippen LogP) is 2.08. The maximum atomic E-state index is 15.8. The lowest BCUT2D eigenvalue weighted by Gasteiger charge is -2.40. The second kappa shape index (κ2) is 17.3. The Bertz CT molecular complexity index is 2300. The second-order valence-electron chi connectivity index (χ2n) is 16.5. The lowest BCUT2D eigenvalue weighted by atomic mass is 9.95. The van der Waals surface area contributed by atoms with E-state index in [-0.39, 0.29) is 53.3 Å². The van der Waals surface area contributed by atoms with Crippen molar-refractivity contribution >= 4 is 68.2 Å². The number of rotatable bonds is 11. The molecule has 19 nitrogen and oxygen atoms in total. The molecule has 2 aromatic carbocycles. The van der Waals surface area contributed by atoms with Crippen LogP contribution in [0.1, 0.15) is 42.6 Å². The number of halogens is 1. The van der Waals surface area contributed by atoms with E-state index in [1.165, 1.54) is 23.3 Å². The molecule has 6 heterocycles. The first kappa shape index (κ1) is 41.9. The van der Waals surface area contributed by atoms with Crippen molar-refractivity contribution in [3.63, 3.8) is 0 Å². The molecule has 0 radical (unpaired) electrons. The largest absolute Gasteiger partial charge is 0.370 e. The topological polar surface area (TPSA) is 214 Å². The van der Waals surface area contributed by atoms with Gasteiger partial charge in [0.15, 0.2) is 21.3 Å². The average molecular weight is 862 g/mol. The first-order valence-electron chi connectivity index (χ1n) is 20.8. The molecule has 6 amide bonds. The molecule has 8 rings (SSSR count). The van der Waals surface area contributed by atoms with Gasteiger partial charge >= 0.3 is 12.1 Å². The van der Waals surface area contributed by atoms with Gasteiger partial charge in [-0.3, -0.25) is 24.7 Å². The number of nitrogens with two attached hydrogens (primary N) is 1. The average Bonchev–Trinajstić information content (AvgIpc) is 3.58. The van der Waals surface area contributed by atoms with Crippen LogP contribution in [0.25, 0.3) is 0 Å². The van der Waals surface area contributed by atoms with E-state index in [4.69, 9.17) is 5.73 Å². The van der Waals surface area contributed by atoms with Crippen LogP contribution in [0, 0.1) is 11.7 Å². The Balaban J connectivity index is 0.848. The molecule has 0 saturated carbocycles. The van der Waals surface area contributed by atoms with Crippen LogP contribution in [0.5, 0.6) is 0 Å². The van der Waals surface area contributed by atoms with Gasteiger partial charge in [0.25, 0.3) is 5.91 Å². The van der Waals surface area contributed by atoms with E-state index in [9.17, 15) is 27.6 Å². The summed E-state index contributed by atoms with van der Waals surface area (Å²) in [5.74, 6) is -0.839. The van der Waals surface area contributed by atoms with Crippen LogP contribution < -0.4 is 36.0 Å². The van der Waals surface area contributed by atoms with Crippen molar-refractivity contribution in [2.24, 2.45) is 11.7 Å². The number of nitrogens with one attached hydrogen (secondary N) is 2. The minimum atomic E-state index is -3.62. The van der Waals surface area contributed by atoms with Crippen LogP contribution in [0.3, 0.4) is 0 Å². The fourth-order valence-electron chi connectivity index (χ4n) is 9.01. The molecule has 0 spiro atoms. The lowest BCUT2D eigenvalue weighted by Crippen LogP contribution is -2.49. The molecular weight excluding hydrogens is 810 g/mol. The molecule has 5 aliphatic heterocycles. The number of likely N-dealkylation sites (N-methyl/N-ethyl adjacent to an activating group) is 1. The summed E-state index contributed by atoms with van der Waals surface area (Å²) in [5, 5.41) is 13.6. The van der Waals surface area contributed by atoms with E-state index < -0.39 is 27.6 Å². The Morgan fingerprint density at radius 2 is 1.62 bits per heavy atom. The van der Waals surface area contributed by atoms with E-state index in [1.807, 2.05) is 14.7 Å². The van der Waals surface area contributed by atoms with Crippen LogP contribution in [-0.4, -0.2) is 160 Å². The van der Waals surface area contributed by atoms with Crippen LogP contribution in [-0.2, 0) is 14.6 Å². The molecule has 5 aliphatic rings. The number of sulfone groups is 1. The summed E-state index contributed by atoms with van der Waals surface area (Å²) in [7, 11) is -1.83. The van der Waals surface area contributed by atoms with Gasteiger partial charge in [0.2, 0.25) is 11.9 Å². The molecule has 0 bridgehead atoms. The van der Waals surface area contributed by atoms with Gasteiger partial charge in [0.05, 0.1) is 22.3 Å². The van der Waals surface area contributed by atoms with E-state index in [2.05, 4.69) is 35.6 Å². The molecule has 4 N–H and O–H groups in total. The van der Waals surface area contributed by atoms with Gasteiger partial charge in [-0.1, -0.05) is 0 Å². The Morgan fingerprint density at radius 1 is 0.885 bits per heavy atom. The minimum Gasteiger partial charge on any atom is -0.370 e. The number of anilines is 6. The summed E-state index contributed by atoms with van der Waals surface area (Å²) in [6, 6.07) is 9.24. The fourth-order valence-corrected chi connectivity index (χ4v) is 9.92. The molecule has 5 fully saturated rings. The molecule has 0 aliphatic carbocycles. The molecule has 1 atom stereocenters. The zero-order valence-electron chi connectivity index (χ0n) is 34.4. The third-order valence-corrected chi connectivity index (χ3v) is 13.5. The SMILES string of the molecule is CN1CCN([C@@H]2CCCN(c3nnc(C(N)=O)c(Nc4ccc(N5CCN(CC6CCN(c7ccc(N8CCC(=O)NC8=O)cc7S(C)(=O)=O)CC6)CC5)c(F)c4)n3)C2)C1=O. The van der Waals surface area contributed by atoms with Crippen LogP contribution in [0.15, 0.2) is 41.3 Å². The Labute approximate surface area is 353 Å². The number of aromatic nitrogens is 3. The van der Waals surface area contributed by atoms with Crippen molar-refractivity contribution in [3.05, 3.63) is 47.9 Å². The number of hydrogen-bond acceptors (Lipinski definition) is 14. The normalized spacial score (nSPS) is 21.0. The van der Waals surface area contributed by atoms with Crippen LogP contribution in [0.2, 0.25) is 0 Å². The molecule has 61 heavy (non-hydrogen) atoms. The summed E-state index contributed by atoms with van der Waals surface area (Å²) in [4.78, 5) is 67.2. The standard InChI is InChI=1S/C40H52FN13O6S/c1-48-16-21-54(40(48)58)29-4-3-12-52(25-29)38-45-37(35(36(42)56)46-47-38)43-27-5-7-31(30(41)22-27)51-19-17-49(18-20-51)24-26-9-13-50(14-10-26)32-8-6-28(23-33(32)61(2,59)60)53-15-11-34(55)44-39(53)57/h5-8,22-23,26,29H,3-4,9-21,24-25H2,1-2H3,(H2,42,56)(H,43,45,47)(H,44,55,57)/t29-/m1/s1. The highest BCUT2D eigenvalue weighted by Gasteiger charge is 2.36. The molecular formula is C40H52FN13O6S. The monoisotopic (exact) mass is 861 g/mol. The van der Waals surface area contributed by atoms with Gasteiger partial charge < -0.3 is 35.6 Å². The number of amides is 6. The summed E-state index contributed by atoms with van der Waals surface area (Å²) in [6.45, 7) is 7.72. The minimum absolute atomic E-state index is 0.000918. The number of carbonyl (C=O) groups excluding carboxylic acids is 4. The maximum absolute atomic E-state index is 15.8. The number of urea groups is 2. The Kier molecular flexibility index (Phi) is 11.9. The highest BCUT2D eigenvalue weighted by Crippen LogP contribution is 2.34. The third-order valence-electron chi connectivity index (χ3n) is 12.4. The van der Waals surface area contributed by atoms with Crippen molar-refractivity contribution in [1.29, 1.82) is 0 Å². The Hall–Kier alpha value is -5.83. The number of primary amides is 1. The van der Waals surface area contributed by atoms with Crippen LogP contribution in [0.4, 0.5) is 48.5 Å². The second-order valence-corrected chi connectivity index (χ2v) is 18.5. The number of imide groups is 1. The summed E-state index contributed by atoms with van der Waals surface area (Å²) < 4.78 is 41.6. The number of piperidine rings is 2. The molecule has 0 unspecified atom stereocenters. The lowest BCUT2D eigenvalue weighted by molar-refractivity contribution is -0.120. The molecule has 1 aromatic heterocycles. The van der Waals surface area contributed by atoms with Crippen molar-refractivity contribution in [1.82, 2.24) is 35.2 Å². The van der Waals surface area contributed by atoms with E-state index in [1.54, 1.807) is 36.2 Å². The van der Waals surface area contributed by atoms with E-state index in [0.29, 0.717) is 81.0 Å². The molecule has 5 saturated heterocycles. The number of piperazine rings is 1. The van der Waals surface area contributed by atoms with Gasteiger partial charge in [0, 0.05) is 110 Å². The van der Waals surface area contributed by atoms with Crippen molar-refractivity contribution in [2.45, 2.75) is 43.0 Å². The summed E-state index contributed by atoms with van der Waals surface area (Å²) >= 11 is 0. The molecule has 326 valence electrons. The van der Waals surface area contributed by atoms with Crippen LogP contribution >= 0.6 is 0 Å². The highest BCUT2D eigenvalue weighted by atomic mass is 32.2. The third kappa shape index (κ3) is 9.12. The zero-order chi connectivity index (χ0) is 43.0. The quantitative estimate of drug-likeness (QED) is 0.252.